The van der Waals surface area contributed by atoms with Crippen LogP contribution in [-0.2, 0) is 0 Å². The molecule has 0 aliphatic rings. The minimum absolute atomic E-state index is 0.622. The van der Waals surface area contributed by atoms with E-state index in [1.165, 1.54) is 0 Å². The van der Waals surface area contributed by atoms with Gasteiger partial charge in [0.1, 0.15) is 23.2 Å². The summed E-state index contributed by atoms with van der Waals surface area (Å²) in [6.07, 6.45) is 0. The molecule has 0 atom stereocenters. The van der Waals surface area contributed by atoms with Gasteiger partial charge >= 0.3 is 0 Å². The number of methoxy groups -OCH3 is 1. The molecule has 3 rings (SSSR count). The molecule has 0 spiro atoms. The number of fused-ring (bicyclic) bond motifs is 1. The van der Waals surface area contributed by atoms with E-state index in [1.807, 2.05) is 48.5 Å². The molecule has 0 saturated carbocycles. The standard InChI is InChI=1S/C16H13N3O/c1-20-12-8-6-11(7-9-12)18-16-14(10-17)13-4-2-3-5-15(13)19-16/h2-9,18-19H,1H3. The van der Waals surface area contributed by atoms with Crippen molar-refractivity contribution in [3.63, 3.8) is 0 Å². The first-order valence-corrected chi connectivity index (χ1v) is 6.23. The van der Waals surface area contributed by atoms with Gasteiger partial charge in [0.25, 0.3) is 0 Å². The number of aromatic nitrogens is 1. The molecule has 4 nitrogen and oxygen atoms in total. The van der Waals surface area contributed by atoms with Gasteiger partial charge in [0.2, 0.25) is 0 Å². The fourth-order valence-corrected chi connectivity index (χ4v) is 2.17. The number of rotatable bonds is 3. The van der Waals surface area contributed by atoms with Gasteiger partial charge < -0.3 is 15.0 Å². The summed E-state index contributed by atoms with van der Waals surface area (Å²) in [5.74, 6) is 1.51. The molecule has 0 amide bonds. The molecule has 0 radical (unpaired) electrons. The van der Waals surface area contributed by atoms with Crippen LogP contribution in [0.5, 0.6) is 5.75 Å². The predicted molar refractivity (Wildman–Crippen MR) is 79.3 cm³/mol. The van der Waals surface area contributed by atoms with E-state index in [2.05, 4.69) is 16.4 Å². The van der Waals surface area contributed by atoms with Crippen LogP contribution in [0.3, 0.4) is 0 Å². The summed E-state index contributed by atoms with van der Waals surface area (Å²) in [7, 11) is 1.63. The Balaban J connectivity index is 1.99. The number of ether oxygens (including phenoxy) is 1. The molecule has 1 heterocycles. The maximum absolute atomic E-state index is 9.34. The van der Waals surface area contributed by atoms with Crippen molar-refractivity contribution in [1.82, 2.24) is 4.98 Å². The average molecular weight is 263 g/mol. The molecule has 4 heteroatoms. The first kappa shape index (κ1) is 12.1. The summed E-state index contributed by atoms with van der Waals surface area (Å²) in [4.78, 5) is 3.23. The second-order valence-electron chi connectivity index (χ2n) is 4.39. The molecule has 0 saturated heterocycles. The lowest BCUT2D eigenvalue weighted by atomic mass is 10.2. The fourth-order valence-electron chi connectivity index (χ4n) is 2.17. The molecule has 0 aliphatic heterocycles. The van der Waals surface area contributed by atoms with Crippen molar-refractivity contribution in [3.05, 3.63) is 54.1 Å². The third-order valence-corrected chi connectivity index (χ3v) is 3.18. The van der Waals surface area contributed by atoms with Crippen LogP contribution >= 0.6 is 0 Å². The van der Waals surface area contributed by atoms with Gasteiger partial charge in [0.05, 0.1) is 7.11 Å². The third-order valence-electron chi connectivity index (χ3n) is 3.18. The second kappa shape index (κ2) is 4.98. The Morgan fingerprint density at radius 2 is 1.85 bits per heavy atom. The summed E-state index contributed by atoms with van der Waals surface area (Å²) in [5, 5.41) is 13.5. The van der Waals surface area contributed by atoms with E-state index in [1.54, 1.807) is 7.11 Å². The number of nitriles is 1. The lowest BCUT2D eigenvalue weighted by molar-refractivity contribution is 0.415. The number of benzene rings is 2. The zero-order valence-corrected chi connectivity index (χ0v) is 11.0. The first-order chi connectivity index (χ1) is 9.81. The van der Waals surface area contributed by atoms with E-state index in [4.69, 9.17) is 4.74 Å². The number of para-hydroxylation sites is 1. The Labute approximate surface area is 116 Å². The number of anilines is 2. The smallest absolute Gasteiger partial charge is 0.127 e. The molecule has 1 aromatic heterocycles. The quantitative estimate of drug-likeness (QED) is 0.755. The highest BCUT2D eigenvalue weighted by molar-refractivity contribution is 5.92. The van der Waals surface area contributed by atoms with E-state index >= 15 is 0 Å². The van der Waals surface area contributed by atoms with Crippen LogP contribution in [0.1, 0.15) is 5.56 Å². The zero-order valence-electron chi connectivity index (χ0n) is 11.0. The average Bonchev–Trinajstić information content (AvgIpc) is 2.85. The molecule has 0 fully saturated rings. The van der Waals surface area contributed by atoms with Crippen LogP contribution in [0.25, 0.3) is 10.9 Å². The van der Waals surface area contributed by atoms with Crippen molar-refractivity contribution in [3.8, 4) is 11.8 Å². The number of H-pyrrole nitrogens is 1. The van der Waals surface area contributed by atoms with Crippen molar-refractivity contribution >= 4 is 22.4 Å². The monoisotopic (exact) mass is 263 g/mol. The molecule has 0 bridgehead atoms. The van der Waals surface area contributed by atoms with Gasteiger partial charge in [-0.1, -0.05) is 18.2 Å². The molecular formula is C16H13N3O. The number of nitrogens with zero attached hydrogens (tertiary/aromatic N) is 1. The predicted octanol–water partition coefficient (Wildman–Crippen LogP) is 3.79. The molecule has 0 aliphatic carbocycles. The first-order valence-electron chi connectivity index (χ1n) is 6.23. The zero-order chi connectivity index (χ0) is 13.9. The van der Waals surface area contributed by atoms with Crippen molar-refractivity contribution in [2.24, 2.45) is 0 Å². The van der Waals surface area contributed by atoms with Crippen LogP contribution in [-0.4, -0.2) is 12.1 Å². The van der Waals surface area contributed by atoms with Gasteiger partial charge in [0, 0.05) is 16.6 Å². The Morgan fingerprint density at radius 1 is 1.10 bits per heavy atom. The lowest BCUT2D eigenvalue weighted by Crippen LogP contribution is -1.92. The van der Waals surface area contributed by atoms with Gasteiger partial charge in [-0.05, 0) is 30.3 Å². The number of nitrogens with one attached hydrogen (secondary N) is 2. The van der Waals surface area contributed by atoms with Gasteiger partial charge in [-0.2, -0.15) is 5.26 Å². The van der Waals surface area contributed by atoms with Crippen molar-refractivity contribution in [2.45, 2.75) is 0 Å². The normalized spacial score (nSPS) is 10.2. The highest BCUT2D eigenvalue weighted by Crippen LogP contribution is 2.28. The second-order valence-corrected chi connectivity index (χ2v) is 4.39. The SMILES string of the molecule is COc1ccc(Nc2[nH]c3ccccc3c2C#N)cc1. The van der Waals surface area contributed by atoms with Gasteiger partial charge in [-0.25, -0.2) is 0 Å². The Hall–Kier alpha value is -2.93. The maximum atomic E-state index is 9.34. The molecule has 3 aromatic rings. The van der Waals surface area contributed by atoms with Crippen LogP contribution in [0.15, 0.2) is 48.5 Å². The minimum Gasteiger partial charge on any atom is -0.497 e. The summed E-state index contributed by atoms with van der Waals surface area (Å²) >= 11 is 0. The summed E-state index contributed by atoms with van der Waals surface area (Å²) in [5.41, 5.74) is 2.46. The Bertz CT molecular complexity index is 782. The molecular weight excluding hydrogens is 250 g/mol. The number of aromatic amines is 1. The topological polar surface area (TPSA) is 60.8 Å². The van der Waals surface area contributed by atoms with Crippen LogP contribution in [0.4, 0.5) is 11.5 Å². The van der Waals surface area contributed by atoms with E-state index in [9.17, 15) is 5.26 Å². The van der Waals surface area contributed by atoms with E-state index < -0.39 is 0 Å². The van der Waals surface area contributed by atoms with Gasteiger partial charge in [0.15, 0.2) is 0 Å². The Morgan fingerprint density at radius 3 is 2.55 bits per heavy atom. The Kier molecular flexibility index (Phi) is 3.02. The number of hydrogen-bond acceptors (Lipinski definition) is 3. The van der Waals surface area contributed by atoms with Crippen LogP contribution < -0.4 is 10.1 Å². The molecule has 98 valence electrons. The van der Waals surface area contributed by atoms with Gasteiger partial charge in [-0.15, -0.1) is 0 Å². The summed E-state index contributed by atoms with van der Waals surface area (Å²) in [6, 6.07) is 17.6. The molecule has 20 heavy (non-hydrogen) atoms. The molecule has 2 N–H and O–H groups in total. The van der Waals surface area contributed by atoms with Crippen molar-refractivity contribution in [1.29, 1.82) is 5.26 Å². The maximum Gasteiger partial charge on any atom is 0.127 e. The lowest BCUT2D eigenvalue weighted by Gasteiger charge is -2.05. The number of hydrogen-bond donors (Lipinski definition) is 2. The summed E-state index contributed by atoms with van der Waals surface area (Å²) < 4.78 is 5.12. The van der Waals surface area contributed by atoms with Gasteiger partial charge in [-0.3, -0.25) is 0 Å². The van der Waals surface area contributed by atoms with Crippen LogP contribution in [0.2, 0.25) is 0 Å². The fraction of sp³-hybridized carbons (Fsp3) is 0.0625. The highest BCUT2D eigenvalue weighted by Gasteiger charge is 2.10. The van der Waals surface area contributed by atoms with E-state index in [0.717, 1.165) is 22.3 Å². The van der Waals surface area contributed by atoms with E-state index in [0.29, 0.717) is 11.4 Å². The van der Waals surface area contributed by atoms with Crippen molar-refractivity contribution in [2.75, 3.05) is 12.4 Å². The molecule has 0 unspecified atom stereocenters. The van der Waals surface area contributed by atoms with Crippen molar-refractivity contribution < 1.29 is 4.74 Å². The molecule has 2 aromatic carbocycles. The van der Waals surface area contributed by atoms with E-state index in [-0.39, 0.29) is 0 Å². The highest BCUT2D eigenvalue weighted by atomic mass is 16.5. The van der Waals surface area contributed by atoms with Crippen LogP contribution in [0, 0.1) is 11.3 Å². The third kappa shape index (κ3) is 2.06. The summed E-state index contributed by atoms with van der Waals surface area (Å²) in [6.45, 7) is 0. The largest absolute Gasteiger partial charge is 0.497 e. The minimum atomic E-state index is 0.622.